The van der Waals surface area contributed by atoms with Crippen LogP contribution in [0.3, 0.4) is 0 Å². The summed E-state index contributed by atoms with van der Waals surface area (Å²) in [5, 5.41) is 7.71. The zero-order valence-electron chi connectivity index (χ0n) is 5.85. The van der Waals surface area contributed by atoms with Gasteiger partial charge in [-0.2, -0.15) is 0 Å². The van der Waals surface area contributed by atoms with Gasteiger partial charge in [-0.3, -0.25) is 4.79 Å². The fourth-order valence-corrected chi connectivity index (χ4v) is 0. The van der Waals surface area contributed by atoms with Gasteiger partial charge in [-0.15, -0.1) is 0 Å². The van der Waals surface area contributed by atoms with Crippen LogP contribution >= 0.6 is 15.9 Å². The molecule has 0 aromatic heterocycles. The fraction of sp³-hybridized carbons (Fsp3) is 0.833. The monoisotopic (exact) mass is 196 g/mol. The molecule has 0 saturated heterocycles. The summed E-state index contributed by atoms with van der Waals surface area (Å²) in [5.41, 5.74) is 0. The molecule has 0 aliphatic heterocycles. The third kappa shape index (κ3) is 32.3. The minimum absolute atomic E-state index is 0.0347. The minimum Gasteiger partial charge on any atom is -0.481 e. The molecular formula is C6H13BrO2. The lowest BCUT2D eigenvalue weighted by Gasteiger charge is -1.70. The van der Waals surface area contributed by atoms with E-state index in [1.54, 1.807) is 0 Å². The molecule has 0 aliphatic carbocycles. The third-order valence-corrected chi connectivity index (χ3v) is 1.09. The number of carboxylic acids is 1. The van der Waals surface area contributed by atoms with Crippen LogP contribution in [0.15, 0.2) is 0 Å². The number of halogens is 1. The second-order valence-corrected chi connectivity index (χ2v) is 2.09. The van der Waals surface area contributed by atoms with Crippen molar-refractivity contribution in [3.8, 4) is 0 Å². The van der Waals surface area contributed by atoms with E-state index in [1.807, 2.05) is 0 Å². The molecule has 0 bridgehead atoms. The largest absolute Gasteiger partial charge is 0.481 e. The number of hydrogen-bond acceptors (Lipinski definition) is 1. The summed E-state index contributed by atoms with van der Waals surface area (Å²) in [6.07, 6.45) is 2.64. The molecule has 2 nitrogen and oxygen atoms in total. The van der Waals surface area contributed by atoms with Crippen molar-refractivity contribution in [2.75, 3.05) is 5.33 Å². The molecule has 0 amide bonds. The van der Waals surface area contributed by atoms with Crippen LogP contribution in [0.1, 0.15) is 26.7 Å². The molecule has 0 radical (unpaired) electrons. The Hall–Kier alpha value is -0.0500. The molecule has 0 saturated carbocycles. The van der Waals surface area contributed by atoms with Crippen molar-refractivity contribution in [1.29, 1.82) is 0 Å². The fourth-order valence-electron chi connectivity index (χ4n) is 0. The van der Waals surface area contributed by atoms with Gasteiger partial charge in [-0.25, -0.2) is 0 Å². The Bertz CT molecular complexity index is 62.1. The van der Waals surface area contributed by atoms with Gasteiger partial charge in [0.1, 0.15) is 5.33 Å². The quantitative estimate of drug-likeness (QED) is 0.689. The first-order chi connectivity index (χ1) is 4.18. The lowest BCUT2D eigenvalue weighted by atomic mass is 10.4. The summed E-state index contributed by atoms with van der Waals surface area (Å²) in [7, 11) is 0. The Kier molecular flexibility index (Phi) is 14.1. The normalized spacial score (nSPS) is 7.44. The van der Waals surface area contributed by atoms with E-state index in [2.05, 4.69) is 29.8 Å². The minimum atomic E-state index is -0.829. The molecule has 0 atom stereocenters. The van der Waals surface area contributed by atoms with Crippen LogP contribution < -0.4 is 0 Å². The van der Waals surface area contributed by atoms with Gasteiger partial charge in [0.05, 0.1) is 0 Å². The highest BCUT2D eigenvalue weighted by Crippen LogP contribution is 1.76. The second-order valence-electron chi connectivity index (χ2n) is 1.53. The van der Waals surface area contributed by atoms with Gasteiger partial charge in [0.15, 0.2) is 0 Å². The summed E-state index contributed by atoms with van der Waals surface area (Å²) in [6.45, 7) is 4.36. The van der Waals surface area contributed by atoms with Crippen molar-refractivity contribution in [1.82, 2.24) is 0 Å². The Balaban J connectivity index is 0. The highest BCUT2D eigenvalue weighted by atomic mass is 79.9. The van der Waals surface area contributed by atoms with Crippen LogP contribution in [0, 0.1) is 0 Å². The van der Waals surface area contributed by atoms with E-state index >= 15 is 0 Å². The average molecular weight is 197 g/mol. The van der Waals surface area contributed by atoms with Gasteiger partial charge >= 0.3 is 5.97 Å². The van der Waals surface area contributed by atoms with Gasteiger partial charge in [0.25, 0.3) is 0 Å². The number of rotatable bonds is 2. The number of carbonyl (C=O) groups is 1. The summed E-state index contributed by atoms with van der Waals surface area (Å²) < 4.78 is 0. The Labute approximate surface area is 64.4 Å². The molecule has 0 heterocycles. The van der Waals surface area contributed by atoms with Crippen LogP contribution in [0.5, 0.6) is 0 Å². The maximum Gasteiger partial charge on any atom is 0.314 e. The molecule has 0 rings (SSSR count). The second kappa shape index (κ2) is 10.8. The summed E-state index contributed by atoms with van der Waals surface area (Å²) in [4.78, 5) is 9.32. The molecule has 0 fully saturated rings. The lowest BCUT2D eigenvalue weighted by Crippen LogP contribution is -1.92. The first kappa shape index (κ1) is 11.7. The first-order valence-electron chi connectivity index (χ1n) is 2.96. The maximum absolute atomic E-state index is 9.32. The molecular weight excluding hydrogens is 184 g/mol. The SMILES string of the molecule is CCCC.O=C(O)CBr. The van der Waals surface area contributed by atoms with E-state index in [9.17, 15) is 4.79 Å². The van der Waals surface area contributed by atoms with Crippen LogP contribution in [0.2, 0.25) is 0 Å². The molecule has 1 N–H and O–H groups in total. The summed E-state index contributed by atoms with van der Waals surface area (Å²) in [5.74, 6) is -0.829. The molecule has 0 aromatic carbocycles. The summed E-state index contributed by atoms with van der Waals surface area (Å²) >= 11 is 2.71. The Morgan fingerprint density at radius 1 is 1.44 bits per heavy atom. The predicted molar refractivity (Wildman–Crippen MR) is 42.0 cm³/mol. The van der Waals surface area contributed by atoms with Gasteiger partial charge in [0, 0.05) is 0 Å². The number of aliphatic carboxylic acids is 1. The van der Waals surface area contributed by atoms with Crippen LogP contribution in [0.4, 0.5) is 0 Å². The van der Waals surface area contributed by atoms with Crippen LogP contribution in [-0.2, 0) is 4.79 Å². The topological polar surface area (TPSA) is 37.3 Å². The Morgan fingerprint density at radius 3 is 1.67 bits per heavy atom. The van der Waals surface area contributed by atoms with Crippen LogP contribution in [0.25, 0.3) is 0 Å². The highest BCUT2D eigenvalue weighted by molar-refractivity contribution is 9.09. The van der Waals surface area contributed by atoms with Crippen molar-refractivity contribution in [3.63, 3.8) is 0 Å². The van der Waals surface area contributed by atoms with Crippen molar-refractivity contribution in [2.45, 2.75) is 26.7 Å². The lowest BCUT2D eigenvalue weighted by molar-refractivity contribution is -0.133. The van der Waals surface area contributed by atoms with E-state index in [0.717, 1.165) is 0 Å². The van der Waals surface area contributed by atoms with Gasteiger partial charge < -0.3 is 5.11 Å². The smallest absolute Gasteiger partial charge is 0.314 e. The van der Waals surface area contributed by atoms with Gasteiger partial charge in [0.2, 0.25) is 0 Å². The zero-order valence-corrected chi connectivity index (χ0v) is 7.44. The highest BCUT2D eigenvalue weighted by Gasteiger charge is 1.83. The number of carboxylic acid groups (broad SMARTS) is 1. The van der Waals surface area contributed by atoms with Crippen LogP contribution in [-0.4, -0.2) is 16.4 Å². The van der Waals surface area contributed by atoms with Crippen molar-refractivity contribution >= 4 is 21.9 Å². The van der Waals surface area contributed by atoms with E-state index in [1.165, 1.54) is 12.8 Å². The van der Waals surface area contributed by atoms with Gasteiger partial charge in [-0.05, 0) is 0 Å². The van der Waals surface area contributed by atoms with E-state index in [-0.39, 0.29) is 5.33 Å². The van der Waals surface area contributed by atoms with Crippen molar-refractivity contribution in [2.24, 2.45) is 0 Å². The van der Waals surface area contributed by atoms with Gasteiger partial charge in [-0.1, -0.05) is 42.6 Å². The zero-order chi connectivity index (χ0) is 7.70. The van der Waals surface area contributed by atoms with Crippen molar-refractivity contribution < 1.29 is 9.90 Å². The molecule has 0 aromatic rings. The number of hydrogen-bond donors (Lipinski definition) is 1. The predicted octanol–water partition coefficient (Wildman–Crippen LogP) is 2.27. The molecule has 3 heteroatoms. The van der Waals surface area contributed by atoms with E-state index in [4.69, 9.17) is 5.11 Å². The standard InChI is InChI=1S/C4H10.C2H3BrO2/c1-3-4-2;3-1-2(4)5/h3-4H2,1-2H3;1H2,(H,4,5). The first-order valence-corrected chi connectivity index (χ1v) is 4.08. The van der Waals surface area contributed by atoms with E-state index < -0.39 is 5.97 Å². The number of alkyl halides is 1. The van der Waals surface area contributed by atoms with Crippen molar-refractivity contribution in [3.05, 3.63) is 0 Å². The maximum atomic E-state index is 9.32. The average Bonchev–Trinajstić information content (AvgIpc) is 1.89. The molecule has 0 aliphatic rings. The Morgan fingerprint density at radius 2 is 1.67 bits per heavy atom. The number of unbranched alkanes of at least 4 members (excludes halogenated alkanes) is 1. The molecule has 0 spiro atoms. The molecule has 0 unspecified atom stereocenters. The van der Waals surface area contributed by atoms with E-state index in [0.29, 0.717) is 0 Å². The molecule has 9 heavy (non-hydrogen) atoms. The summed E-state index contributed by atoms with van der Waals surface area (Å²) in [6, 6.07) is 0. The third-order valence-electron chi connectivity index (χ3n) is 0.614. The molecule has 56 valence electrons.